The van der Waals surface area contributed by atoms with E-state index in [-0.39, 0.29) is 11.4 Å². The van der Waals surface area contributed by atoms with Crippen molar-refractivity contribution in [3.8, 4) is 17.0 Å². The molecule has 9 heteroatoms. The molecule has 2 amide bonds. The Kier molecular flexibility index (Phi) is 6.67. The highest BCUT2D eigenvalue weighted by atomic mass is 32.1. The summed E-state index contributed by atoms with van der Waals surface area (Å²) in [4.78, 5) is 24.2. The third-order valence-corrected chi connectivity index (χ3v) is 7.89. The predicted octanol–water partition coefficient (Wildman–Crippen LogP) is 4.51. The first-order valence-corrected chi connectivity index (χ1v) is 12.7. The summed E-state index contributed by atoms with van der Waals surface area (Å²) in [5.41, 5.74) is 4.13. The molecular weight excluding hydrogens is 450 g/mol. The molecule has 1 aromatic carbocycles. The van der Waals surface area contributed by atoms with Crippen LogP contribution in [-0.4, -0.2) is 60.9 Å². The average molecular weight is 482 g/mol. The summed E-state index contributed by atoms with van der Waals surface area (Å²) in [5.74, 6) is 0.460. The van der Waals surface area contributed by atoms with Crippen LogP contribution in [0.3, 0.4) is 0 Å². The van der Waals surface area contributed by atoms with E-state index < -0.39 is 0 Å². The van der Waals surface area contributed by atoms with Crippen LogP contribution < -0.4 is 15.4 Å². The number of hydrogen-bond donors (Lipinski definition) is 2. The number of methoxy groups -OCH3 is 1. The maximum absolute atomic E-state index is 13.1. The molecule has 180 valence electrons. The predicted molar refractivity (Wildman–Crippen MR) is 134 cm³/mol. The lowest BCUT2D eigenvalue weighted by Crippen LogP contribution is -2.37. The molecule has 34 heavy (non-hydrogen) atoms. The lowest BCUT2D eigenvalue weighted by atomic mass is 9.80. The van der Waals surface area contributed by atoms with Crippen molar-refractivity contribution in [1.29, 1.82) is 0 Å². The summed E-state index contributed by atoms with van der Waals surface area (Å²) in [6.45, 7) is 6.96. The topological polar surface area (TPSA) is 88.6 Å². The van der Waals surface area contributed by atoms with Gasteiger partial charge in [-0.15, -0.1) is 0 Å². The molecule has 2 aliphatic heterocycles. The van der Waals surface area contributed by atoms with Crippen molar-refractivity contribution >= 4 is 32.7 Å². The number of hydrogen-bond acceptors (Lipinski definition) is 7. The highest BCUT2D eigenvalue weighted by Gasteiger charge is 2.41. The minimum Gasteiger partial charge on any atom is -0.479 e. The zero-order valence-corrected chi connectivity index (χ0v) is 20.5. The summed E-state index contributed by atoms with van der Waals surface area (Å²) < 4.78 is 12.0. The number of carbonyl (C=O) groups excluding carboxylic acids is 1. The number of pyridine rings is 1. The van der Waals surface area contributed by atoms with E-state index in [9.17, 15) is 4.79 Å². The number of rotatable bonds is 6. The molecule has 0 radical (unpaired) electrons. The molecule has 2 N–H and O–H groups in total. The highest BCUT2D eigenvalue weighted by Crippen LogP contribution is 2.41. The normalized spacial score (nSPS) is 17.4. The number of nitrogens with zero attached hydrogens (tertiary/aromatic N) is 3. The zero-order valence-electron chi connectivity index (χ0n) is 19.7. The molecule has 3 aromatic rings. The van der Waals surface area contributed by atoms with E-state index in [0.717, 1.165) is 74.5 Å². The Hall–Kier alpha value is -2.75. The fourth-order valence-corrected chi connectivity index (χ4v) is 5.89. The first-order valence-electron chi connectivity index (χ1n) is 11.9. The molecule has 0 aliphatic carbocycles. The second-order valence-corrected chi connectivity index (χ2v) is 10.1. The third-order valence-electron chi connectivity index (χ3n) is 6.89. The first-order chi connectivity index (χ1) is 16.6. The van der Waals surface area contributed by atoms with Crippen LogP contribution in [0.15, 0.2) is 30.5 Å². The summed E-state index contributed by atoms with van der Waals surface area (Å²) in [5, 5.41) is 6.96. The molecule has 2 fully saturated rings. The number of nitrogens with one attached hydrogen (secondary N) is 2. The molecule has 0 atom stereocenters. The zero-order chi connectivity index (χ0) is 23.5. The van der Waals surface area contributed by atoms with Crippen LogP contribution in [0.4, 0.5) is 9.93 Å². The molecule has 0 saturated carbocycles. The van der Waals surface area contributed by atoms with Crippen molar-refractivity contribution in [2.45, 2.75) is 32.7 Å². The van der Waals surface area contributed by atoms with Gasteiger partial charge in [0, 0.05) is 44.6 Å². The second-order valence-electron chi connectivity index (χ2n) is 9.07. The molecule has 1 spiro atoms. The maximum Gasteiger partial charge on any atom is 0.323 e. The van der Waals surface area contributed by atoms with Crippen molar-refractivity contribution in [1.82, 2.24) is 20.2 Å². The van der Waals surface area contributed by atoms with Crippen LogP contribution in [0.1, 0.15) is 31.7 Å². The largest absolute Gasteiger partial charge is 0.479 e. The summed E-state index contributed by atoms with van der Waals surface area (Å²) in [6.07, 6.45) is 4.91. The molecular formula is C25H31N5O3S. The molecule has 2 aliphatic rings. The number of carbonyl (C=O) groups is 1. The van der Waals surface area contributed by atoms with E-state index >= 15 is 0 Å². The van der Waals surface area contributed by atoms with E-state index in [1.54, 1.807) is 7.11 Å². The van der Waals surface area contributed by atoms with Gasteiger partial charge < -0.3 is 19.7 Å². The van der Waals surface area contributed by atoms with E-state index in [1.807, 2.05) is 11.1 Å². The number of ether oxygens (including phenoxy) is 2. The van der Waals surface area contributed by atoms with Crippen molar-refractivity contribution in [3.63, 3.8) is 0 Å². The van der Waals surface area contributed by atoms with Gasteiger partial charge in [-0.2, -0.15) is 0 Å². The summed E-state index contributed by atoms with van der Waals surface area (Å²) in [7, 11) is 1.59. The number of amides is 2. The Morgan fingerprint density at radius 3 is 2.94 bits per heavy atom. The van der Waals surface area contributed by atoms with Crippen molar-refractivity contribution in [2.24, 2.45) is 5.41 Å². The van der Waals surface area contributed by atoms with Crippen LogP contribution in [0.2, 0.25) is 0 Å². The molecule has 5 rings (SSSR count). The number of benzene rings is 1. The number of likely N-dealkylation sites (tertiary alicyclic amines) is 1. The van der Waals surface area contributed by atoms with E-state index in [0.29, 0.717) is 16.5 Å². The number of fused-ring (bicyclic) bond motifs is 1. The van der Waals surface area contributed by atoms with E-state index in [4.69, 9.17) is 14.5 Å². The molecule has 2 saturated heterocycles. The second kappa shape index (κ2) is 9.85. The summed E-state index contributed by atoms with van der Waals surface area (Å²) >= 11 is 1.46. The summed E-state index contributed by atoms with van der Waals surface area (Å²) in [6, 6.07) is 8.32. The number of thiazole rings is 1. The van der Waals surface area contributed by atoms with Crippen LogP contribution in [-0.2, 0) is 11.3 Å². The van der Waals surface area contributed by atoms with Crippen molar-refractivity contribution in [3.05, 3.63) is 36.0 Å². The maximum atomic E-state index is 13.1. The van der Waals surface area contributed by atoms with Gasteiger partial charge in [-0.3, -0.25) is 5.32 Å². The Morgan fingerprint density at radius 2 is 2.15 bits per heavy atom. The van der Waals surface area contributed by atoms with Gasteiger partial charge >= 0.3 is 6.03 Å². The minimum atomic E-state index is -0.0939. The fourth-order valence-electron chi connectivity index (χ4n) is 4.91. The average Bonchev–Trinajstić information content (AvgIpc) is 3.47. The molecule has 0 unspecified atom stereocenters. The van der Waals surface area contributed by atoms with Crippen LogP contribution >= 0.6 is 11.3 Å². The van der Waals surface area contributed by atoms with Gasteiger partial charge in [0.2, 0.25) is 5.88 Å². The smallest absolute Gasteiger partial charge is 0.323 e. The van der Waals surface area contributed by atoms with Gasteiger partial charge in [-0.25, -0.2) is 14.8 Å². The Balaban J connectivity index is 1.40. The van der Waals surface area contributed by atoms with Gasteiger partial charge in [-0.05, 0) is 48.4 Å². The van der Waals surface area contributed by atoms with E-state index in [1.165, 1.54) is 16.9 Å². The fraction of sp³-hybridized carbons (Fsp3) is 0.480. The van der Waals surface area contributed by atoms with Crippen molar-refractivity contribution < 1.29 is 14.3 Å². The van der Waals surface area contributed by atoms with Crippen LogP contribution in [0.5, 0.6) is 5.88 Å². The Bertz CT molecular complexity index is 1170. The first kappa shape index (κ1) is 23.0. The standard InChI is InChI=1S/C25H31N5O3S/c1-3-26-14-17-5-4-6-18(13-17)19-15-27-22(32-2)20-21(19)34-23(28-20)29-24(31)30-10-7-25(16-30)8-11-33-12-9-25/h4-6,13,15,26H,3,7-12,14,16H2,1-2H3,(H,28,29,31). The SMILES string of the molecule is CCNCc1cccc(-c2cnc(OC)c3nc(NC(=O)N4CCC5(CCOCC5)C4)sc23)c1. The molecule has 0 bridgehead atoms. The van der Waals surface area contributed by atoms with Gasteiger partial charge in [-0.1, -0.05) is 36.5 Å². The third kappa shape index (κ3) is 4.60. The van der Waals surface area contributed by atoms with Crippen LogP contribution in [0.25, 0.3) is 21.3 Å². The quantitative estimate of drug-likeness (QED) is 0.539. The Labute approximate surface area is 203 Å². The van der Waals surface area contributed by atoms with Gasteiger partial charge in [0.1, 0.15) is 5.52 Å². The minimum absolute atomic E-state index is 0.0939. The van der Waals surface area contributed by atoms with Crippen LogP contribution in [0, 0.1) is 5.41 Å². The molecule has 8 nitrogen and oxygen atoms in total. The Morgan fingerprint density at radius 1 is 1.29 bits per heavy atom. The van der Waals surface area contributed by atoms with Gasteiger partial charge in [0.15, 0.2) is 5.13 Å². The van der Waals surface area contributed by atoms with Gasteiger partial charge in [0.05, 0.1) is 11.8 Å². The number of urea groups is 1. The molecule has 2 aromatic heterocycles. The lowest BCUT2D eigenvalue weighted by molar-refractivity contribution is 0.0211. The number of aromatic nitrogens is 2. The monoisotopic (exact) mass is 481 g/mol. The highest BCUT2D eigenvalue weighted by molar-refractivity contribution is 7.23. The molecule has 4 heterocycles. The lowest BCUT2D eigenvalue weighted by Gasteiger charge is -2.33. The van der Waals surface area contributed by atoms with E-state index in [2.05, 4.69) is 46.8 Å². The number of anilines is 1. The van der Waals surface area contributed by atoms with Gasteiger partial charge in [0.25, 0.3) is 0 Å². The van der Waals surface area contributed by atoms with Crippen molar-refractivity contribution in [2.75, 3.05) is 45.3 Å².